The van der Waals surface area contributed by atoms with E-state index >= 15 is 0 Å². The van der Waals surface area contributed by atoms with Crippen molar-refractivity contribution in [3.05, 3.63) is 140 Å². The molecule has 270 valence electrons. The fourth-order valence-electron chi connectivity index (χ4n) is 4.12. The number of halogens is 1. The number of nitrogens with zero attached hydrogens (tertiary/aromatic N) is 2. The number of nitro groups is 2. The van der Waals surface area contributed by atoms with Gasteiger partial charge in [-0.15, -0.1) is 0 Å². The molecule has 0 saturated heterocycles. The summed E-state index contributed by atoms with van der Waals surface area (Å²) < 4.78 is 81.4. The minimum absolute atomic E-state index is 0.000273. The summed E-state index contributed by atoms with van der Waals surface area (Å²) >= 11 is 0. The van der Waals surface area contributed by atoms with Crippen LogP contribution in [-0.4, -0.2) is 65.0 Å². The number of hydrogen-bond donors (Lipinski definition) is 0. The SMILES string of the molecule is COC(=O)[C@@H](Cc1ccc(F)cc1)OS(=O)(=O)c1ccc([N+](=O)[O-])cc1.COC(=O)[C@@H](Cc1ccccc1)OS(=O)(=O)c1ccc([N+](=O)[O-])cc1. The van der Waals surface area contributed by atoms with E-state index in [1.165, 1.54) is 12.1 Å². The molecule has 0 aliphatic rings. The highest BCUT2D eigenvalue weighted by Gasteiger charge is 2.30. The van der Waals surface area contributed by atoms with Crippen molar-refractivity contribution in [2.24, 2.45) is 0 Å². The zero-order chi connectivity index (χ0) is 37.8. The number of rotatable bonds is 14. The molecule has 0 N–H and O–H groups in total. The Bertz CT molecular complexity index is 2040. The van der Waals surface area contributed by atoms with Gasteiger partial charge in [-0.3, -0.25) is 28.6 Å². The monoisotopic (exact) mass is 748 g/mol. The second kappa shape index (κ2) is 17.9. The predicted molar refractivity (Wildman–Crippen MR) is 175 cm³/mol. The van der Waals surface area contributed by atoms with Crippen molar-refractivity contribution < 1.29 is 58.5 Å². The number of carbonyl (C=O) groups excluding carboxylic acids is 2. The number of methoxy groups -OCH3 is 2. The molecule has 0 unspecified atom stereocenters. The van der Waals surface area contributed by atoms with E-state index in [2.05, 4.69) is 9.47 Å². The van der Waals surface area contributed by atoms with Crippen LogP contribution in [0.25, 0.3) is 0 Å². The van der Waals surface area contributed by atoms with Crippen LogP contribution in [0.15, 0.2) is 113 Å². The van der Waals surface area contributed by atoms with Gasteiger partial charge in [-0.2, -0.15) is 16.8 Å². The Morgan fingerprint density at radius 1 is 0.608 bits per heavy atom. The number of ether oxygens (including phenoxy) is 2. The van der Waals surface area contributed by atoms with Gasteiger partial charge in [0.15, 0.2) is 12.2 Å². The molecule has 19 heteroatoms. The van der Waals surface area contributed by atoms with Gasteiger partial charge >= 0.3 is 11.9 Å². The lowest BCUT2D eigenvalue weighted by molar-refractivity contribution is -0.385. The predicted octanol–water partition coefficient (Wildman–Crippen LogP) is 4.31. The fourth-order valence-corrected chi connectivity index (χ4v) is 6.19. The normalized spacial score (nSPS) is 12.4. The van der Waals surface area contributed by atoms with Crippen LogP contribution < -0.4 is 0 Å². The van der Waals surface area contributed by atoms with Crippen molar-refractivity contribution in [1.82, 2.24) is 0 Å². The number of hydrogen-bond acceptors (Lipinski definition) is 14. The van der Waals surface area contributed by atoms with Crippen LogP contribution in [-0.2, 0) is 60.5 Å². The first kappa shape index (κ1) is 39.8. The largest absolute Gasteiger partial charge is 0.467 e. The molecule has 0 amide bonds. The van der Waals surface area contributed by atoms with E-state index in [1.807, 2.05) is 0 Å². The Balaban J connectivity index is 0.000000276. The van der Waals surface area contributed by atoms with E-state index in [1.54, 1.807) is 30.3 Å². The summed E-state index contributed by atoms with van der Waals surface area (Å²) in [6.07, 6.45) is -3.03. The van der Waals surface area contributed by atoms with E-state index in [0.717, 1.165) is 74.9 Å². The summed E-state index contributed by atoms with van der Waals surface area (Å²) in [5.74, 6) is -2.25. The molecule has 0 radical (unpaired) electrons. The number of benzene rings is 4. The molecule has 4 aromatic carbocycles. The molecule has 0 aliphatic carbocycles. The standard InChI is InChI=1S/C16H14FNO7S.C16H15NO7S/c1-24-16(19)15(10-11-2-4-12(17)5-3-11)25-26(22,23)14-8-6-13(7-9-14)18(20)21;1-23-16(18)15(11-12-5-3-2-4-6-12)24-25(21,22)14-9-7-13(8-10-14)17(19)20/h2-9,15H,10H2,1H3;2-10,15H,11H2,1H3/t2*15-/m11/s1. The lowest BCUT2D eigenvalue weighted by atomic mass is 10.1. The molecule has 16 nitrogen and oxygen atoms in total. The third-order valence-corrected chi connectivity index (χ3v) is 9.35. The first-order valence-electron chi connectivity index (χ1n) is 14.4. The average Bonchev–Trinajstić information content (AvgIpc) is 3.12. The van der Waals surface area contributed by atoms with Gasteiger partial charge in [-0.1, -0.05) is 42.5 Å². The minimum Gasteiger partial charge on any atom is -0.467 e. The van der Waals surface area contributed by atoms with Crippen LogP contribution in [0.5, 0.6) is 0 Å². The van der Waals surface area contributed by atoms with Crippen molar-refractivity contribution in [3.63, 3.8) is 0 Å². The summed E-state index contributed by atoms with van der Waals surface area (Å²) in [5.41, 5.74) is 0.602. The molecular weight excluding hydrogens is 719 g/mol. The highest BCUT2D eigenvalue weighted by molar-refractivity contribution is 7.87. The molecule has 0 bridgehead atoms. The summed E-state index contributed by atoms with van der Waals surface area (Å²) in [5, 5.41) is 21.3. The first-order valence-corrected chi connectivity index (χ1v) is 17.2. The number of non-ortho nitro benzene ring substituents is 2. The van der Waals surface area contributed by atoms with Crippen LogP contribution in [0.3, 0.4) is 0 Å². The third kappa shape index (κ3) is 11.7. The lowest BCUT2D eigenvalue weighted by Crippen LogP contribution is -2.30. The molecule has 0 heterocycles. The number of nitro benzene ring substituents is 2. The maximum absolute atomic E-state index is 13.0. The quantitative estimate of drug-likeness (QED) is 0.0758. The van der Waals surface area contributed by atoms with E-state index < -0.39 is 60.0 Å². The molecule has 2 atom stereocenters. The van der Waals surface area contributed by atoms with Crippen LogP contribution in [0.1, 0.15) is 11.1 Å². The van der Waals surface area contributed by atoms with Crippen molar-refractivity contribution in [1.29, 1.82) is 0 Å². The van der Waals surface area contributed by atoms with Crippen LogP contribution >= 0.6 is 0 Å². The summed E-state index contributed by atoms with van der Waals surface area (Å²) in [6, 6.07) is 22.0. The fraction of sp³-hybridized carbons (Fsp3) is 0.188. The van der Waals surface area contributed by atoms with Gasteiger partial charge in [-0.05, 0) is 47.5 Å². The number of esters is 2. The molecule has 4 aromatic rings. The Kier molecular flexibility index (Phi) is 13.9. The zero-order valence-electron chi connectivity index (χ0n) is 26.7. The van der Waals surface area contributed by atoms with Crippen molar-refractivity contribution in [3.8, 4) is 0 Å². The van der Waals surface area contributed by atoms with Gasteiger partial charge in [0.1, 0.15) is 5.82 Å². The first-order chi connectivity index (χ1) is 24.1. The van der Waals surface area contributed by atoms with Gasteiger partial charge in [0, 0.05) is 37.1 Å². The minimum atomic E-state index is -4.38. The van der Waals surface area contributed by atoms with Gasteiger partial charge in [-0.25, -0.2) is 14.0 Å². The second-order valence-corrected chi connectivity index (χ2v) is 13.3. The molecule has 4 rings (SSSR count). The van der Waals surface area contributed by atoms with Crippen LogP contribution in [0.4, 0.5) is 15.8 Å². The molecule has 0 aliphatic heterocycles. The molecule has 0 aromatic heterocycles. The highest BCUT2D eigenvalue weighted by atomic mass is 32.2. The zero-order valence-corrected chi connectivity index (χ0v) is 28.3. The Labute approximate surface area is 290 Å². The number of carbonyl (C=O) groups is 2. The lowest BCUT2D eigenvalue weighted by Gasteiger charge is -2.15. The molecule has 0 fully saturated rings. The topological polar surface area (TPSA) is 226 Å². The molecule has 51 heavy (non-hydrogen) atoms. The third-order valence-electron chi connectivity index (χ3n) is 6.68. The van der Waals surface area contributed by atoms with E-state index in [4.69, 9.17) is 8.37 Å². The highest BCUT2D eigenvalue weighted by Crippen LogP contribution is 2.22. The molecule has 0 spiro atoms. The Hall–Kier alpha value is -5.63. The van der Waals surface area contributed by atoms with E-state index in [-0.39, 0.29) is 34.0 Å². The van der Waals surface area contributed by atoms with Crippen LogP contribution in [0, 0.1) is 26.0 Å². The molecule has 0 saturated carbocycles. The Morgan fingerprint density at radius 2 is 0.961 bits per heavy atom. The van der Waals surface area contributed by atoms with E-state index in [9.17, 15) is 51.0 Å². The van der Waals surface area contributed by atoms with Crippen molar-refractivity contribution in [2.45, 2.75) is 34.8 Å². The summed E-state index contributed by atoms with van der Waals surface area (Å²) in [6.45, 7) is 0. The van der Waals surface area contributed by atoms with Gasteiger partial charge in [0.05, 0.1) is 33.9 Å². The van der Waals surface area contributed by atoms with Gasteiger partial charge in [0.2, 0.25) is 0 Å². The van der Waals surface area contributed by atoms with Crippen molar-refractivity contribution >= 4 is 43.5 Å². The maximum atomic E-state index is 13.0. The van der Waals surface area contributed by atoms with Crippen molar-refractivity contribution in [2.75, 3.05) is 14.2 Å². The molecular formula is C32H29FN2O14S2. The van der Waals surface area contributed by atoms with Gasteiger partial charge in [0.25, 0.3) is 31.6 Å². The van der Waals surface area contributed by atoms with Crippen LogP contribution in [0.2, 0.25) is 0 Å². The summed E-state index contributed by atoms with van der Waals surface area (Å²) in [4.78, 5) is 43.0. The van der Waals surface area contributed by atoms with Gasteiger partial charge < -0.3 is 9.47 Å². The summed E-state index contributed by atoms with van der Waals surface area (Å²) in [7, 11) is -6.48. The van der Waals surface area contributed by atoms with E-state index in [0.29, 0.717) is 11.1 Å². The smallest absolute Gasteiger partial charge is 0.336 e. The average molecular weight is 749 g/mol. The Morgan fingerprint density at radius 3 is 1.29 bits per heavy atom. The maximum Gasteiger partial charge on any atom is 0.336 e. The second-order valence-electron chi connectivity index (χ2n) is 10.1.